The summed E-state index contributed by atoms with van der Waals surface area (Å²) in [6.07, 6.45) is 2.77. The summed E-state index contributed by atoms with van der Waals surface area (Å²) in [4.78, 5) is 22.8. The van der Waals surface area contributed by atoms with Crippen LogP contribution in [0, 0.1) is 11.2 Å². The monoisotopic (exact) mass is 313 g/mol. The predicted octanol–water partition coefficient (Wildman–Crippen LogP) is 3.11. The highest BCUT2D eigenvalue weighted by Gasteiger charge is 2.31. The molecule has 0 fully saturated rings. The van der Waals surface area contributed by atoms with Gasteiger partial charge in [0.15, 0.2) is 0 Å². The van der Waals surface area contributed by atoms with Crippen LogP contribution in [-0.4, -0.2) is 23.5 Å². The second kappa shape index (κ2) is 7.22. The lowest BCUT2D eigenvalue weighted by atomic mass is 9.88. The number of carbonyl (C=O) groups is 2. The third-order valence-corrected chi connectivity index (χ3v) is 3.68. The van der Waals surface area contributed by atoms with E-state index in [4.69, 9.17) is 16.7 Å². The van der Waals surface area contributed by atoms with E-state index in [1.807, 2.05) is 0 Å². The summed E-state index contributed by atoms with van der Waals surface area (Å²) in [6.45, 7) is 3.27. The van der Waals surface area contributed by atoms with Gasteiger partial charge in [0.2, 0.25) is 5.91 Å². The minimum atomic E-state index is -1.03. The average Bonchev–Trinajstić information content (AvgIpc) is 2.44. The number of hydrogen-bond donors (Lipinski definition) is 2. The second-order valence-electron chi connectivity index (χ2n) is 4.91. The van der Waals surface area contributed by atoms with E-state index in [1.54, 1.807) is 13.8 Å². The Labute approximate surface area is 127 Å². The molecule has 0 radical (unpaired) electrons. The summed E-state index contributed by atoms with van der Waals surface area (Å²) >= 11 is 5.83. The van der Waals surface area contributed by atoms with Crippen molar-refractivity contribution >= 4 is 29.6 Å². The molecule has 2 N–H and O–H groups in total. The Kier molecular flexibility index (Phi) is 5.90. The van der Waals surface area contributed by atoms with Gasteiger partial charge in [0.1, 0.15) is 5.82 Å². The molecule has 0 aliphatic carbocycles. The Balaban J connectivity index is 2.70. The normalized spacial score (nSPS) is 13.9. The molecule has 1 unspecified atom stereocenters. The molecule has 1 rings (SSSR count). The summed E-state index contributed by atoms with van der Waals surface area (Å²) < 4.78 is 13.5. The smallest absolute Gasteiger partial charge is 0.311 e. The Hall–Kier alpha value is -1.88. The number of carboxylic acid groups (broad SMARTS) is 1. The van der Waals surface area contributed by atoms with Crippen molar-refractivity contribution in [2.75, 3.05) is 6.54 Å². The molecular weight excluding hydrogens is 297 g/mol. The van der Waals surface area contributed by atoms with Crippen molar-refractivity contribution in [2.45, 2.75) is 20.3 Å². The van der Waals surface area contributed by atoms with Crippen LogP contribution >= 0.6 is 11.6 Å². The molecular formula is C15H17ClFNO3. The van der Waals surface area contributed by atoms with Crippen molar-refractivity contribution in [3.63, 3.8) is 0 Å². The molecule has 0 aliphatic heterocycles. The predicted molar refractivity (Wildman–Crippen MR) is 79.5 cm³/mol. The summed E-state index contributed by atoms with van der Waals surface area (Å²) in [5, 5.41) is 11.8. The maximum absolute atomic E-state index is 13.5. The highest BCUT2D eigenvalue weighted by molar-refractivity contribution is 6.32. The SMILES string of the molecule is CCC(C)(CNC(=O)/C=C/c1c(F)cccc1Cl)C(=O)O. The molecule has 1 amide bonds. The maximum atomic E-state index is 13.5. The summed E-state index contributed by atoms with van der Waals surface area (Å²) in [7, 11) is 0. The van der Waals surface area contributed by atoms with Gasteiger partial charge in [0, 0.05) is 18.2 Å². The largest absolute Gasteiger partial charge is 0.481 e. The molecule has 0 spiro atoms. The molecule has 0 bridgehead atoms. The van der Waals surface area contributed by atoms with E-state index >= 15 is 0 Å². The van der Waals surface area contributed by atoms with Crippen molar-refractivity contribution in [3.05, 3.63) is 40.7 Å². The quantitative estimate of drug-likeness (QED) is 0.793. The summed E-state index contributed by atoms with van der Waals surface area (Å²) in [5.41, 5.74) is -0.912. The van der Waals surface area contributed by atoms with Gasteiger partial charge in [-0.05, 0) is 31.6 Å². The van der Waals surface area contributed by atoms with Gasteiger partial charge >= 0.3 is 5.97 Å². The number of aliphatic carboxylic acids is 1. The fourth-order valence-electron chi connectivity index (χ4n) is 1.52. The molecule has 21 heavy (non-hydrogen) atoms. The number of halogens is 2. The van der Waals surface area contributed by atoms with Crippen LogP contribution in [0.5, 0.6) is 0 Å². The van der Waals surface area contributed by atoms with Crippen molar-refractivity contribution < 1.29 is 19.1 Å². The van der Waals surface area contributed by atoms with Gasteiger partial charge in [-0.1, -0.05) is 24.6 Å². The number of amides is 1. The lowest BCUT2D eigenvalue weighted by Gasteiger charge is -2.22. The molecule has 0 aromatic heterocycles. The lowest BCUT2D eigenvalue weighted by molar-refractivity contribution is -0.148. The fraction of sp³-hybridized carbons (Fsp3) is 0.333. The Morgan fingerprint density at radius 1 is 1.48 bits per heavy atom. The molecule has 1 aromatic carbocycles. The summed E-state index contributed by atoms with van der Waals surface area (Å²) in [6, 6.07) is 4.22. The number of carboxylic acids is 1. The van der Waals surface area contributed by atoms with Crippen LogP contribution in [0.4, 0.5) is 4.39 Å². The van der Waals surface area contributed by atoms with E-state index in [1.165, 1.54) is 24.3 Å². The second-order valence-corrected chi connectivity index (χ2v) is 5.31. The van der Waals surface area contributed by atoms with Crippen molar-refractivity contribution in [1.82, 2.24) is 5.32 Å². The van der Waals surface area contributed by atoms with Gasteiger partial charge in [-0.25, -0.2) is 4.39 Å². The number of hydrogen-bond acceptors (Lipinski definition) is 2. The number of rotatable bonds is 6. The zero-order chi connectivity index (χ0) is 16.0. The number of benzene rings is 1. The van der Waals surface area contributed by atoms with Crippen LogP contribution in [0.2, 0.25) is 5.02 Å². The van der Waals surface area contributed by atoms with Crippen molar-refractivity contribution in [2.24, 2.45) is 5.41 Å². The first-order valence-corrected chi connectivity index (χ1v) is 6.81. The highest BCUT2D eigenvalue weighted by Crippen LogP contribution is 2.21. The van der Waals surface area contributed by atoms with E-state index in [0.29, 0.717) is 6.42 Å². The van der Waals surface area contributed by atoms with Crippen LogP contribution in [0.15, 0.2) is 24.3 Å². The maximum Gasteiger partial charge on any atom is 0.311 e. The standard InChI is InChI=1S/C15H17ClFNO3/c1-3-15(2,14(20)21)9-18-13(19)8-7-10-11(16)5-4-6-12(10)17/h4-8H,3,9H2,1-2H3,(H,18,19)(H,20,21)/b8-7+. The minimum Gasteiger partial charge on any atom is -0.481 e. The van der Waals surface area contributed by atoms with Crippen LogP contribution in [0.25, 0.3) is 6.08 Å². The molecule has 114 valence electrons. The molecule has 0 aliphatic rings. The average molecular weight is 314 g/mol. The van der Waals surface area contributed by atoms with Crippen molar-refractivity contribution in [1.29, 1.82) is 0 Å². The van der Waals surface area contributed by atoms with E-state index in [9.17, 15) is 14.0 Å². The van der Waals surface area contributed by atoms with E-state index in [-0.39, 0.29) is 17.1 Å². The Morgan fingerprint density at radius 2 is 2.14 bits per heavy atom. The molecule has 6 heteroatoms. The summed E-state index contributed by atoms with van der Waals surface area (Å²) in [5.74, 6) is -2.02. The molecule has 4 nitrogen and oxygen atoms in total. The first-order chi connectivity index (χ1) is 9.80. The zero-order valence-electron chi connectivity index (χ0n) is 11.8. The minimum absolute atomic E-state index is 0.00693. The molecule has 1 aromatic rings. The first kappa shape index (κ1) is 17.2. The van der Waals surface area contributed by atoms with Gasteiger partial charge in [-0.15, -0.1) is 0 Å². The zero-order valence-corrected chi connectivity index (χ0v) is 12.6. The Bertz CT molecular complexity index is 554. The molecule has 0 heterocycles. The van der Waals surface area contributed by atoms with Gasteiger partial charge in [0.05, 0.1) is 10.4 Å². The third-order valence-electron chi connectivity index (χ3n) is 3.35. The molecule has 1 atom stereocenters. The van der Waals surface area contributed by atoms with Gasteiger partial charge < -0.3 is 10.4 Å². The van der Waals surface area contributed by atoms with Gasteiger partial charge in [0.25, 0.3) is 0 Å². The number of nitrogens with one attached hydrogen (secondary N) is 1. The molecule has 0 saturated heterocycles. The highest BCUT2D eigenvalue weighted by atomic mass is 35.5. The van der Waals surface area contributed by atoms with Crippen LogP contribution in [0.1, 0.15) is 25.8 Å². The van der Waals surface area contributed by atoms with Crippen LogP contribution in [-0.2, 0) is 9.59 Å². The lowest BCUT2D eigenvalue weighted by Crippen LogP contribution is -2.40. The third kappa shape index (κ3) is 4.56. The number of carbonyl (C=O) groups excluding carboxylic acids is 1. The first-order valence-electron chi connectivity index (χ1n) is 6.43. The van der Waals surface area contributed by atoms with Gasteiger partial charge in [-0.3, -0.25) is 9.59 Å². The van der Waals surface area contributed by atoms with Crippen molar-refractivity contribution in [3.8, 4) is 0 Å². The van der Waals surface area contributed by atoms with Gasteiger partial charge in [-0.2, -0.15) is 0 Å². The van der Waals surface area contributed by atoms with Crippen LogP contribution in [0.3, 0.4) is 0 Å². The Morgan fingerprint density at radius 3 is 2.67 bits per heavy atom. The van der Waals surface area contributed by atoms with E-state index < -0.39 is 23.1 Å². The van der Waals surface area contributed by atoms with E-state index in [0.717, 1.165) is 6.08 Å². The van der Waals surface area contributed by atoms with E-state index in [2.05, 4.69) is 5.32 Å². The topological polar surface area (TPSA) is 66.4 Å². The van der Waals surface area contributed by atoms with Crippen LogP contribution < -0.4 is 5.32 Å². The molecule has 0 saturated carbocycles. The fourth-order valence-corrected chi connectivity index (χ4v) is 1.75.